The van der Waals surface area contributed by atoms with Gasteiger partial charge in [-0.25, -0.2) is 13.2 Å². The summed E-state index contributed by atoms with van der Waals surface area (Å²) in [6, 6.07) is 20.7. The van der Waals surface area contributed by atoms with Crippen LogP contribution in [0.4, 0.5) is 0 Å². The molecule has 4 aromatic rings. The summed E-state index contributed by atoms with van der Waals surface area (Å²) in [7, 11) is -2.07. The van der Waals surface area contributed by atoms with E-state index in [0.29, 0.717) is 46.3 Å². The number of imidazole rings is 1. The Kier molecular flexibility index (Phi) is 9.39. The van der Waals surface area contributed by atoms with Crippen molar-refractivity contribution in [2.75, 3.05) is 46.3 Å². The molecule has 0 radical (unpaired) electrons. The van der Waals surface area contributed by atoms with Gasteiger partial charge < -0.3 is 9.80 Å². The molecule has 0 saturated carbocycles. The first-order valence-electron chi connectivity index (χ1n) is 15.7. The summed E-state index contributed by atoms with van der Waals surface area (Å²) in [5, 5.41) is 8.03. The van der Waals surface area contributed by atoms with Crippen molar-refractivity contribution in [1.82, 2.24) is 23.8 Å². The molecule has 10 nitrogen and oxygen atoms in total. The second-order valence-corrected chi connectivity index (χ2v) is 14.7. The first-order chi connectivity index (χ1) is 22.6. The maximum atomic E-state index is 14.6. The van der Waals surface area contributed by atoms with Crippen LogP contribution < -0.4 is 5.69 Å². The first-order valence-corrected chi connectivity index (χ1v) is 17.6. The number of sulfone groups is 1. The fourth-order valence-corrected chi connectivity index (χ4v) is 8.48. The average molecular weight is 673 g/mol. The van der Waals surface area contributed by atoms with E-state index in [1.807, 2.05) is 29.2 Å². The van der Waals surface area contributed by atoms with Crippen LogP contribution in [0.15, 0.2) is 95.1 Å². The number of likely N-dealkylation sites (tertiary alicyclic amines) is 1. The molecule has 2 fully saturated rings. The van der Waals surface area contributed by atoms with Gasteiger partial charge in [0, 0.05) is 50.3 Å². The number of nitrogens with zero attached hydrogens (tertiary/aromatic N) is 6. The fourth-order valence-electron chi connectivity index (χ4n) is 6.79. The summed E-state index contributed by atoms with van der Waals surface area (Å²) in [5.74, 6) is -0.237. The second-order valence-electron chi connectivity index (χ2n) is 12.2. The summed E-state index contributed by atoms with van der Waals surface area (Å²) < 4.78 is 30.5. The molecule has 3 heterocycles. The monoisotopic (exact) mass is 672 g/mol. The van der Waals surface area contributed by atoms with Gasteiger partial charge in [0.2, 0.25) is 15.7 Å². The summed E-state index contributed by atoms with van der Waals surface area (Å²) in [5.41, 5.74) is 0.853. The Bertz CT molecular complexity index is 1990. The molecule has 2 atom stereocenters. The van der Waals surface area contributed by atoms with Gasteiger partial charge in [-0.2, -0.15) is 5.26 Å². The Labute approximate surface area is 279 Å². The number of piperazine rings is 1. The molecule has 1 amide bonds. The van der Waals surface area contributed by atoms with E-state index in [1.165, 1.54) is 34.9 Å². The van der Waals surface area contributed by atoms with Gasteiger partial charge >= 0.3 is 5.69 Å². The van der Waals surface area contributed by atoms with Gasteiger partial charge in [-0.05, 0) is 67.9 Å². The van der Waals surface area contributed by atoms with Crippen molar-refractivity contribution in [3.05, 3.63) is 112 Å². The van der Waals surface area contributed by atoms with Crippen molar-refractivity contribution in [1.29, 1.82) is 5.26 Å². The summed E-state index contributed by atoms with van der Waals surface area (Å²) in [6.07, 6.45) is 2.87. The van der Waals surface area contributed by atoms with Crippen molar-refractivity contribution in [3.63, 3.8) is 0 Å². The van der Waals surface area contributed by atoms with Crippen LogP contribution in [0, 0.1) is 11.3 Å². The minimum absolute atomic E-state index is 0.0675. The number of amides is 1. The van der Waals surface area contributed by atoms with Crippen LogP contribution in [0.2, 0.25) is 5.02 Å². The van der Waals surface area contributed by atoms with Crippen LogP contribution in [0.5, 0.6) is 0 Å². The second kappa shape index (κ2) is 13.5. The molecule has 3 aromatic carbocycles. The van der Waals surface area contributed by atoms with Crippen LogP contribution in [-0.4, -0.2) is 90.5 Å². The third kappa shape index (κ3) is 6.26. The molecule has 0 aliphatic carbocycles. The number of carbonyl (C=O) groups is 1. The van der Waals surface area contributed by atoms with Gasteiger partial charge in [0.25, 0.3) is 0 Å². The number of halogens is 1. The van der Waals surface area contributed by atoms with Gasteiger partial charge in [-0.15, -0.1) is 0 Å². The molecule has 2 aliphatic rings. The number of hydrogen-bond donors (Lipinski definition) is 0. The molecule has 1 aromatic heterocycles. The smallest absolute Gasteiger partial charge is 0.331 e. The van der Waals surface area contributed by atoms with E-state index in [0.717, 1.165) is 43.6 Å². The van der Waals surface area contributed by atoms with Crippen LogP contribution in [0.25, 0.3) is 11.0 Å². The Morgan fingerprint density at radius 3 is 2.21 bits per heavy atom. The molecule has 12 heteroatoms. The Hall–Kier alpha value is -4.21. The topological polar surface area (TPSA) is 112 Å². The van der Waals surface area contributed by atoms with E-state index >= 15 is 0 Å². The van der Waals surface area contributed by atoms with E-state index < -0.39 is 26.9 Å². The molecule has 244 valence electrons. The third-order valence-electron chi connectivity index (χ3n) is 9.39. The molecule has 0 spiro atoms. The molecular weight excluding hydrogens is 636 g/mol. The van der Waals surface area contributed by atoms with Crippen LogP contribution >= 0.6 is 11.6 Å². The number of carbonyl (C=O) groups excluding carboxylic acids is 1. The van der Waals surface area contributed by atoms with Crippen molar-refractivity contribution in [2.24, 2.45) is 0 Å². The minimum atomic E-state index is -4.21. The van der Waals surface area contributed by atoms with E-state index in [9.17, 15) is 23.3 Å². The van der Waals surface area contributed by atoms with Crippen LogP contribution in [0.1, 0.15) is 35.4 Å². The zero-order valence-electron chi connectivity index (χ0n) is 26.2. The highest BCUT2D eigenvalue weighted by atomic mass is 35.5. The Morgan fingerprint density at radius 2 is 1.60 bits per heavy atom. The number of hydrogen-bond acceptors (Lipinski definition) is 7. The Balaban J connectivity index is 1.43. The lowest BCUT2D eigenvalue weighted by Gasteiger charge is -2.42. The molecule has 0 bridgehead atoms. The maximum absolute atomic E-state index is 14.6. The lowest BCUT2D eigenvalue weighted by atomic mass is 9.99. The predicted octanol–water partition coefficient (Wildman–Crippen LogP) is 4.31. The standard InChI is InChI=1S/C35H37ClN6O4S/c1-3-32(47(45,46)29-12-9-25(24-37)10-13-29)41-30-14-11-27(36)23-31(30)42(35(41)44)33(26-7-5-4-6-8-26)34(43)40-17-15-28(16-18-40)39-21-19-38(2)20-22-39/h3-14,23,28,32-33H,1,15-22H2,2H3. The average Bonchev–Trinajstić information content (AvgIpc) is 3.36. The molecule has 6 rings (SSSR count). The molecule has 2 aliphatic heterocycles. The highest BCUT2D eigenvalue weighted by Gasteiger charge is 2.37. The molecule has 0 N–H and O–H groups in total. The number of piperidine rings is 1. The highest BCUT2D eigenvalue weighted by molar-refractivity contribution is 7.91. The number of nitriles is 1. The molecule has 2 unspecified atom stereocenters. The predicted molar refractivity (Wildman–Crippen MR) is 182 cm³/mol. The van der Waals surface area contributed by atoms with Gasteiger partial charge in [0.05, 0.1) is 27.6 Å². The number of likely N-dealkylation sites (N-methyl/N-ethyl adjacent to an activating group) is 1. The zero-order valence-corrected chi connectivity index (χ0v) is 27.8. The normalized spacial score (nSPS) is 18.1. The van der Waals surface area contributed by atoms with Crippen molar-refractivity contribution in [2.45, 2.75) is 35.2 Å². The van der Waals surface area contributed by atoms with Crippen molar-refractivity contribution in [3.8, 4) is 6.07 Å². The fraction of sp³-hybridized carbons (Fsp3) is 0.343. The molecular formula is C35H37ClN6O4S. The van der Waals surface area contributed by atoms with Crippen molar-refractivity contribution >= 4 is 38.4 Å². The third-order valence-corrected chi connectivity index (χ3v) is 11.6. The number of rotatable bonds is 8. The molecule has 2 saturated heterocycles. The number of fused-ring (bicyclic) bond motifs is 1. The van der Waals surface area contributed by atoms with E-state index in [4.69, 9.17) is 11.6 Å². The van der Waals surface area contributed by atoms with Gasteiger partial charge in [0.1, 0.15) is 6.04 Å². The number of aromatic nitrogens is 2. The molecule has 47 heavy (non-hydrogen) atoms. The Morgan fingerprint density at radius 1 is 0.936 bits per heavy atom. The first kappa shape index (κ1) is 32.7. The lowest BCUT2D eigenvalue weighted by Crippen LogP contribution is -2.53. The van der Waals surface area contributed by atoms with E-state index in [-0.39, 0.29) is 10.8 Å². The summed E-state index contributed by atoms with van der Waals surface area (Å²) in [4.78, 5) is 35.8. The van der Waals surface area contributed by atoms with Crippen LogP contribution in [-0.2, 0) is 14.6 Å². The lowest BCUT2D eigenvalue weighted by molar-refractivity contribution is -0.135. The summed E-state index contributed by atoms with van der Waals surface area (Å²) in [6.45, 7) is 8.96. The quantitative estimate of drug-likeness (QED) is 0.257. The minimum Gasteiger partial charge on any atom is -0.340 e. The van der Waals surface area contributed by atoms with Gasteiger partial charge in [-0.1, -0.05) is 54.6 Å². The van der Waals surface area contributed by atoms with E-state index in [2.05, 4.69) is 23.4 Å². The SMILES string of the molecule is C=CC(n1c(=O)n(C(C(=O)N2CCC(N3CCN(C)CC3)CC2)c2ccccc2)c2cc(Cl)ccc21)S(=O)(=O)c1ccc(C#N)cc1. The van der Waals surface area contributed by atoms with Crippen molar-refractivity contribution < 1.29 is 13.2 Å². The summed E-state index contributed by atoms with van der Waals surface area (Å²) >= 11 is 6.47. The van der Waals surface area contributed by atoms with Crippen LogP contribution in [0.3, 0.4) is 0 Å². The highest BCUT2D eigenvalue weighted by Crippen LogP contribution is 2.33. The largest absolute Gasteiger partial charge is 0.340 e. The van der Waals surface area contributed by atoms with Gasteiger partial charge in [0.15, 0.2) is 5.37 Å². The number of benzene rings is 3. The maximum Gasteiger partial charge on any atom is 0.331 e. The van der Waals surface area contributed by atoms with E-state index in [1.54, 1.807) is 30.3 Å². The zero-order chi connectivity index (χ0) is 33.3. The van der Waals surface area contributed by atoms with Gasteiger partial charge in [-0.3, -0.25) is 18.8 Å².